The summed E-state index contributed by atoms with van der Waals surface area (Å²) in [6.45, 7) is -4.51. The molecule has 2 N–H and O–H groups in total. The number of benzene rings is 1. The van der Waals surface area contributed by atoms with E-state index in [1.807, 2.05) is 0 Å². The van der Waals surface area contributed by atoms with E-state index in [0.717, 1.165) is 14.7 Å². The van der Waals surface area contributed by atoms with E-state index in [1.54, 1.807) is 24.3 Å². The summed E-state index contributed by atoms with van der Waals surface area (Å²) in [4.78, 5) is 96.6. The van der Waals surface area contributed by atoms with Crippen LogP contribution in [-0.2, 0) is 44.8 Å². The number of rotatable bonds is 24. The highest BCUT2D eigenvalue weighted by atomic mass is 16.4. The first kappa shape index (κ1) is 39.0. The van der Waals surface area contributed by atoms with Gasteiger partial charge in [-0.2, -0.15) is 0 Å². The summed E-state index contributed by atoms with van der Waals surface area (Å²) in [6, 6.07) is 5.31. The monoisotopic (exact) mass is 673 g/mol. The number of hydrogen-bond acceptors (Lipinski definition) is 15. The number of imide groups is 1. The van der Waals surface area contributed by atoms with Crippen LogP contribution in [0.25, 0.3) is 0 Å². The third kappa shape index (κ3) is 14.9. The summed E-state index contributed by atoms with van der Waals surface area (Å²) in [5, 5.41) is 57.2. The van der Waals surface area contributed by atoms with Crippen LogP contribution in [-0.4, -0.2) is 137 Å². The molecule has 18 nitrogen and oxygen atoms in total. The minimum Gasteiger partial charge on any atom is -0.549 e. The van der Waals surface area contributed by atoms with Crippen LogP contribution in [0.2, 0.25) is 0 Å². The molecule has 1 atom stereocenters. The average molecular weight is 674 g/mol. The minimum atomic E-state index is -1.60. The third-order valence-corrected chi connectivity index (χ3v) is 7.09. The molecule has 1 heterocycles. The zero-order valence-electron chi connectivity index (χ0n) is 25.9. The maximum atomic E-state index is 12.4. The van der Waals surface area contributed by atoms with Crippen molar-refractivity contribution in [3.63, 3.8) is 0 Å². The number of unbranched alkanes of at least 4 members (excludes halogenated alkanes) is 1. The van der Waals surface area contributed by atoms with Gasteiger partial charge in [0.1, 0.15) is 0 Å². The van der Waals surface area contributed by atoms with Crippen molar-refractivity contribution in [3.05, 3.63) is 42.0 Å². The predicted octanol–water partition coefficient (Wildman–Crippen LogP) is -6.38. The van der Waals surface area contributed by atoms with Crippen LogP contribution < -0.4 is 25.7 Å². The predicted molar refractivity (Wildman–Crippen MR) is 154 cm³/mol. The van der Waals surface area contributed by atoms with Crippen LogP contribution in [0.3, 0.4) is 0 Å². The lowest BCUT2D eigenvalue weighted by Gasteiger charge is -2.36. The van der Waals surface area contributed by atoms with Gasteiger partial charge in [-0.3, -0.25) is 38.8 Å². The zero-order valence-corrected chi connectivity index (χ0v) is 25.9. The third-order valence-electron chi connectivity index (χ3n) is 7.09. The smallest absolute Gasteiger partial charge is 0.317 e. The number of nitrogens with one attached hydrogen (secondary N) is 1. The van der Waals surface area contributed by atoms with E-state index < -0.39 is 80.4 Å². The van der Waals surface area contributed by atoms with Gasteiger partial charge in [-0.05, 0) is 37.0 Å². The zero-order chi connectivity index (χ0) is 35.8. The summed E-state index contributed by atoms with van der Waals surface area (Å²) in [5.74, 6) is -8.86. The molecule has 1 aromatic rings. The molecule has 3 amide bonds. The van der Waals surface area contributed by atoms with Crippen molar-refractivity contribution in [1.29, 1.82) is 0 Å². The Bertz CT molecular complexity index is 1330. The summed E-state index contributed by atoms with van der Waals surface area (Å²) in [6.07, 6.45) is 3.28. The lowest BCUT2D eigenvalue weighted by Crippen LogP contribution is -2.54. The molecule has 0 aliphatic carbocycles. The van der Waals surface area contributed by atoms with Crippen LogP contribution in [0.4, 0.5) is 5.69 Å². The van der Waals surface area contributed by atoms with Gasteiger partial charge in [0, 0.05) is 82.7 Å². The Hall–Kier alpha value is -5.20. The largest absolute Gasteiger partial charge is 0.549 e. The highest BCUT2D eigenvalue weighted by molar-refractivity contribution is 6.12. The maximum Gasteiger partial charge on any atom is 0.317 e. The molecule has 0 saturated carbocycles. The Morgan fingerprint density at radius 3 is 1.77 bits per heavy atom. The van der Waals surface area contributed by atoms with Gasteiger partial charge in [-0.1, -0.05) is 12.1 Å². The molecule has 0 fully saturated rings. The molecule has 1 aliphatic heterocycles. The lowest BCUT2D eigenvalue weighted by atomic mass is 10.0. The average Bonchev–Trinajstić information content (AvgIpc) is 3.29. The Labute approximate surface area is 274 Å². The van der Waals surface area contributed by atoms with Crippen molar-refractivity contribution in [2.24, 2.45) is 0 Å². The van der Waals surface area contributed by atoms with Gasteiger partial charge in [-0.25, -0.2) is 0 Å². The molecule has 1 aromatic carbocycles. The fourth-order valence-corrected chi connectivity index (χ4v) is 4.97. The molecule has 0 aromatic heterocycles. The second-order valence-corrected chi connectivity index (χ2v) is 11.0. The summed E-state index contributed by atoms with van der Waals surface area (Å²) >= 11 is 0. The molecule has 0 radical (unpaired) electrons. The molecule has 2 rings (SSSR count). The summed E-state index contributed by atoms with van der Waals surface area (Å²) < 4.78 is 0. The van der Waals surface area contributed by atoms with Gasteiger partial charge in [0.15, 0.2) is 0 Å². The van der Waals surface area contributed by atoms with Crippen LogP contribution in [0, 0.1) is 0 Å². The van der Waals surface area contributed by atoms with Gasteiger partial charge in [-0.15, -0.1) is 0 Å². The van der Waals surface area contributed by atoms with E-state index in [0.29, 0.717) is 24.1 Å². The van der Waals surface area contributed by atoms with Gasteiger partial charge in [0.05, 0.1) is 30.4 Å². The maximum absolute atomic E-state index is 12.4. The first-order chi connectivity index (χ1) is 22.6. The van der Waals surface area contributed by atoms with E-state index in [9.17, 15) is 63.9 Å². The number of amides is 3. The van der Waals surface area contributed by atoms with Crippen molar-refractivity contribution >= 4 is 53.3 Å². The Morgan fingerprint density at radius 2 is 1.25 bits per heavy atom. The number of carboxylic acid groups (broad SMARTS) is 5. The van der Waals surface area contributed by atoms with Crippen molar-refractivity contribution in [1.82, 2.24) is 19.6 Å². The molecule has 0 unspecified atom stereocenters. The molecule has 0 bridgehead atoms. The number of carboxylic acids is 5. The molecule has 18 heteroatoms. The first-order valence-corrected chi connectivity index (χ1v) is 14.7. The SMILES string of the molecule is O=C([O-])CN(CCN(CC(=O)[O-])C[C@@H](Cc1ccc(NC(=O)CCCCN2C(=O)C=CC2=O)cc1)N(CC(=O)[O-])CC(=O)O)CC(=O)[O-]. The van der Waals surface area contributed by atoms with Crippen LogP contribution in [0.1, 0.15) is 24.8 Å². The molecular formula is C30H35N5O13-4. The van der Waals surface area contributed by atoms with Crippen LogP contribution >= 0.6 is 0 Å². The second kappa shape index (κ2) is 19.5. The topological polar surface area (TPSA) is 274 Å². The van der Waals surface area contributed by atoms with Gasteiger partial charge in [0.25, 0.3) is 11.8 Å². The second-order valence-electron chi connectivity index (χ2n) is 11.0. The van der Waals surface area contributed by atoms with Crippen molar-refractivity contribution in [3.8, 4) is 0 Å². The van der Waals surface area contributed by atoms with Crippen molar-refractivity contribution in [2.75, 3.05) is 64.2 Å². The number of carbonyl (C=O) groups is 8. The summed E-state index contributed by atoms with van der Waals surface area (Å²) in [5.41, 5.74) is 0.954. The highest BCUT2D eigenvalue weighted by Crippen LogP contribution is 2.16. The van der Waals surface area contributed by atoms with E-state index in [2.05, 4.69) is 5.32 Å². The Morgan fingerprint density at radius 1 is 0.729 bits per heavy atom. The van der Waals surface area contributed by atoms with Gasteiger partial charge in [0.2, 0.25) is 5.91 Å². The first-order valence-electron chi connectivity index (χ1n) is 14.7. The summed E-state index contributed by atoms with van der Waals surface area (Å²) in [7, 11) is 0. The fraction of sp³-hybridized carbons (Fsp3) is 0.467. The van der Waals surface area contributed by atoms with Crippen molar-refractivity contribution < 1.29 is 63.9 Å². The molecule has 48 heavy (non-hydrogen) atoms. The number of carbonyl (C=O) groups excluding carboxylic acids is 7. The number of hydrogen-bond donors (Lipinski definition) is 2. The molecular weight excluding hydrogens is 638 g/mol. The highest BCUT2D eigenvalue weighted by Gasteiger charge is 2.25. The van der Waals surface area contributed by atoms with Gasteiger partial charge >= 0.3 is 5.97 Å². The quantitative estimate of drug-likeness (QED) is 0.0762. The Kier molecular flexibility index (Phi) is 15.8. The van der Waals surface area contributed by atoms with Crippen LogP contribution in [0.15, 0.2) is 36.4 Å². The van der Waals surface area contributed by atoms with E-state index in [4.69, 9.17) is 0 Å². The minimum absolute atomic E-state index is 0.0110. The van der Waals surface area contributed by atoms with E-state index in [-0.39, 0.29) is 44.9 Å². The van der Waals surface area contributed by atoms with E-state index >= 15 is 0 Å². The Balaban J connectivity index is 2.13. The van der Waals surface area contributed by atoms with Crippen LogP contribution in [0.5, 0.6) is 0 Å². The number of nitrogens with zero attached hydrogens (tertiary/aromatic N) is 4. The standard InChI is InChI=1S/C30H39N5O13/c36-23(3-1-2-10-35-24(37)8-9-25(35)38)31-21-6-4-20(5-7-21)13-22(34(18-29(45)46)19-30(47)48)14-32(15-26(39)40)11-12-33(16-27(41)42)17-28(43)44/h4-9,22H,1-3,10-19H2,(H,31,36)(H,39,40)(H,41,42)(H,43,44)(H,45,46)(H,47,48)/p-4/t22-/m1/s1. The normalized spacial score (nSPS) is 13.4. The van der Waals surface area contributed by atoms with Crippen molar-refractivity contribution in [2.45, 2.75) is 31.7 Å². The molecule has 0 spiro atoms. The molecule has 1 aliphatic rings. The fourth-order valence-electron chi connectivity index (χ4n) is 4.97. The van der Waals surface area contributed by atoms with E-state index in [1.165, 1.54) is 17.1 Å². The van der Waals surface area contributed by atoms with Gasteiger partial charge < -0.3 is 50.0 Å². The number of anilines is 1. The molecule has 262 valence electrons. The molecule has 0 saturated heterocycles. The lowest BCUT2D eigenvalue weighted by molar-refractivity contribution is -0.311. The number of aliphatic carboxylic acids is 5.